The minimum Gasteiger partial charge on any atom is -0.450 e. The van der Waals surface area contributed by atoms with E-state index in [-0.39, 0.29) is 18.2 Å². The molecule has 6 nitrogen and oxygen atoms in total. The highest BCUT2D eigenvalue weighted by Gasteiger charge is 2.24. The monoisotopic (exact) mass is 359 g/mol. The third-order valence-corrected chi connectivity index (χ3v) is 4.10. The van der Waals surface area contributed by atoms with Gasteiger partial charge in [0.1, 0.15) is 0 Å². The van der Waals surface area contributed by atoms with Gasteiger partial charge in [0.2, 0.25) is 0 Å². The first-order valence-electron chi connectivity index (χ1n) is 7.44. The lowest BCUT2D eigenvalue weighted by Gasteiger charge is -2.31. The summed E-state index contributed by atoms with van der Waals surface area (Å²) in [5.41, 5.74) is 0.459. The number of likely N-dealkylation sites (tertiary alicyclic amines) is 1. The van der Waals surface area contributed by atoms with Gasteiger partial charge in [0.25, 0.3) is 0 Å². The van der Waals surface area contributed by atoms with E-state index in [1.807, 2.05) is 0 Å². The van der Waals surface area contributed by atoms with Crippen LogP contribution in [0.5, 0.6) is 0 Å². The Kier molecular flexibility index (Phi) is 6.36. The summed E-state index contributed by atoms with van der Waals surface area (Å²) < 4.78 is 4.96. The van der Waals surface area contributed by atoms with Crippen LogP contribution in [0.3, 0.4) is 0 Å². The average molecular weight is 360 g/mol. The SMILES string of the molecule is CCOC(=O)N1CCC(NC(=O)Nc2cc(Cl)ccc2Cl)CC1. The van der Waals surface area contributed by atoms with Crippen molar-refractivity contribution in [3.8, 4) is 0 Å². The Balaban J connectivity index is 1.81. The van der Waals surface area contributed by atoms with E-state index in [0.717, 1.165) is 0 Å². The summed E-state index contributed by atoms with van der Waals surface area (Å²) in [5, 5.41) is 6.47. The minimum absolute atomic E-state index is 0.00126. The van der Waals surface area contributed by atoms with E-state index in [4.69, 9.17) is 27.9 Å². The number of hydrogen-bond acceptors (Lipinski definition) is 3. The number of carbonyl (C=O) groups is 2. The van der Waals surface area contributed by atoms with E-state index in [9.17, 15) is 9.59 Å². The molecule has 126 valence electrons. The molecule has 2 rings (SSSR count). The zero-order valence-electron chi connectivity index (χ0n) is 12.8. The van der Waals surface area contributed by atoms with E-state index < -0.39 is 0 Å². The molecule has 0 bridgehead atoms. The Morgan fingerprint density at radius 3 is 2.65 bits per heavy atom. The van der Waals surface area contributed by atoms with Crippen LogP contribution in [-0.4, -0.2) is 42.8 Å². The Bertz CT molecular complexity index is 575. The molecule has 1 aliphatic rings. The van der Waals surface area contributed by atoms with Gasteiger partial charge in [0.05, 0.1) is 17.3 Å². The summed E-state index contributed by atoms with van der Waals surface area (Å²) >= 11 is 11.9. The maximum Gasteiger partial charge on any atom is 0.409 e. The summed E-state index contributed by atoms with van der Waals surface area (Å²) in [6.07, 6.45) is 1.05. The molecule has 0 spiro atoms. The molecular weight excluding hydrogens is 341 g/mol. The molecule has 0 saturated carbocycles. The number of carbonyl (C=O) groups excluding carboxylic acids is 2. The first kappa shape index (κ1) is 17.7. The Hall–Kier alpha value is -1.66. The zero-order valence-corrected chi connectivity index (χ0v) is 14.3. The van der Waals surface area contributed by atoms with Crippen LogP contribution in [0.2, 0.25) is 10.0 Å². The van der Waals surface area contributed by atoms with Crippen LogP contribution in [-0.2, 0) is 4.74 Å². The van der Waals surface area contributed by atoms with Crippen molar-refractivity contribution in [2.45, 2.75) is 25.8 Å². The maximum atomic E-state index is 12.0. The Morgan fingerprint density at radius 2 is 2.00 bits per heavy atom. The Morgan fingerprint density at radius 1 is 1.30 bits per heavy atom. The fourth-order valence-corrected chi connectivity index (χ4v) is 2.70. The number of piperidine rings is 1. The zero-order chi connectivity index (χ0) is 16.8. The minimum atomic E-state index is -0.344. The second-order valence-corrected chi connectivity index (χ2v) is 6.03. The van der Waals surface area contributed by atoms with Crippen molar-refractivity contribution in [2.75, 3.05) is 25.0 Å². The summed E-state index contributed by atoms with van der Waals surface area (Å²) in [6.45, 7) is 3.25. The van der Waals surface area contributed by atoms with Crippen LogP contribution in [0.1, 0.15) is 19.8 Å². The van der Waals surface area contributed by atoms with Crippen molar-refractivity contribution in [2.24, 2.45) is 0 Å². The molecular formula is C15H19Cl2N3O3. The van der Waals surface area contributed by atoms with Gasteiger partial charge in [-0.2, -0.15) is 0 Å². The van der Waals surface area contributed by atoms with Crippen LogP contribution >= 0.6 is 23.2 Å². The fourth-order valence-electron chi connectivity index (χ4n) is 2.36. The first-order valence-corrected chi connectivity index (χ1v) is 8.19. The van der Waals surface area contributed by atoms with Crippen molar-refractivity contribution >= 4 is 41.0 Å². The fraction of sp³-hybridized carbons (Fsp3) is 0.467. The molecule has 1 heterocycles. The van der Waals surface area contributed by atoms with Gasteiger partial charge in [-0.3, -0.25) is 0 Å². The molecule has 1 aliphatic heterocycles. The molecule has 23 heavy (non-hydrogen) atoms. The van der Waals surface area contributed by atoms with Crippen molar-refractivity contribution < 1.29 is 14.3 Å². The summed E-state index contributed by atoms with van der Waals surface area (Å²) in [6, 6.07) is 4.52. The molecule has 2 N–H and O–H groups in total. The number of nitrogens with one attached hydrogen (secondary N) is 2. The molecule has 1 aromatic rings. The number of benzene rings is 1. The molecule has 0 unspecified atom stereocenters. The number of amides is 3. The lowest BCUT2D eigenvalue weighted by molar-refractivity contribution is 0.0959. The average Bonchev–Trinajstić information content (AvgIpc) is 2.52. The van der Waals surface area contributed by atoms with Gasteiger partial charge < -0.3 is 20.3 Å². The van der Waals surface area contributed by atoms with Crippen molar-refractivity contribution in [1.29, 1.82) is 0 Å². The van der Waals surface area contributed by atoms with E-state index >= 15 is 0 Å². The smallest absolute Gasteiger partial charge is 0.409 e. The van der Waals surface area contributed by atoms with Crippen LogP contribution in [0, 0.1) is 0 Å². The second-order valence-electron chi connectivity index (χ2n) is 5.18. The number of urea groups is 1. The van der Waals surface area contributed by atoms with Gasteiger partial charge in [-0.15, -0.1) is 0 Å². The van der Waals surface area contributed by atoms with Gasteiger partial charge in [-0.25, -0.2) is 9.59 Å². The number of anilines is 1. The van der Waals surface area contributed by atoms with E-state index in [0.29, 0.717) is 48.3 Å². The number of halogens is 2. The number of hydrogen-bond donors (Lipinski definition) is 2. The van der Waals surface area contributed by atoms with Gasteiger partial charge in [-0.05, 0) is 38.0 Å². The summed E-state index contributed by atoms with van der Waals surface area (Å²) in [5.74, 6) is 0. The third-order valence-electron chi connectivity index (χ3n) is 3.53. The topological polar surface area (TPSA) is 70.7 Å². The maximum absolute atomic E-state index is 12.0. The second kappa shape index (κ2) is 8.26. The molecule has 8 heteroatoms. The quantitative estimate of drug-likeness (QED) is 0.863. The molecule has 0 aromatic heterocycles. The van der Waals surface area contributed by atoms with Crippen LogP contribution in [0.4, 0.5) is 15.3 Å². The molecule has 0 radical (unpaired) electrons. The van der Waals surface area contributed by atoms with Crippen molar-refractivity contribution in [3.05, 3.63) is 28.2 Å². The van der Waals surface area contributed by atoms with Crippen molar-refractivity contribution in [1.82, 2.24) is 10.2 Å². The molecule has 1 aromatic carbocycles. The van der Waals surface area contributed by atoms with E-state index in [2.05, 4.69) is 10.6 Å². The third kappa shape index (κ3) is 5.18. The molecule has 1 saturated heterocycles. The molecule has 0 atom stereocenters. The van der Waals surface area contributed by atoms with Gasteiger partial charge in [-0.1, -0.05) is 23.2 Å². The van der Waals surface area contributed by atoms with Gasteiger partial charge in [0.15, 0.2) is 0 Å². The molecule has 1 fully saturated rings. The largest absolute Gasteiger partial charge is 0.450 e. The normalized spacial score (nSPS) is 15.2. The lowest BCUT2D eigenvalue weighted by Crippen LogP contribution is -2.47. The first-order chi connectivity index (χ1) is 11.0. The number of rotatable bonds is 3. The lowest BCUT2D eigenvalue weighted by atomic mass is 10.1. The predicted molar refractivity (Wildman–Crippen MR) is 90.2 cm³/mol. The van der Waals surface area contributed by atoms with E-state index in [1.54, 1.807) is 30.0 Å². The molecule has 0 aliphatic carbocycles. The number of nitrogens with zero attached hydrogens (tertiary/aromatic N) is 1. The van der Waals surface area contributed by atoms with E-state index in [1.165, 1.54) is 0 Å². The van der Waals surface area contributed by atoms with Crippen LogP contribution in [0.15, 0.2) is 18.2 Å². The predicted octanol–water partition coefficient (Wildman–Crippen LogP) is 3.74. The van der Waals surface area contributed by atoms with Gasteiger partial charge in [0, 0.05) is 24.2 Å². The van der Waals surface area contributed by atoms with Gasteiger partial charge >= 0.3 is 12.1 Å². The number of ether oxygens (including phenoxy) is 1. The molecule has 3 amide bonds. The highest BCUT2D eigenvalue weighted by Crippen LogP contribution is 2.25. The summed E-state index contributed by atoms with van der Waals surface area (Å²) in [4.78, 5) is 25.3. The Labute approximate surface area is 145 Å². The van der Waals surface area contributed by atoms with Crippen molar-refractivity contribution in [3.63, 3.8) is 0 Å². The van der Waals surface area contributed by atoms with Crippen LogP contribution in [0.25, 0.3) is 0 Å². The highest BCUT2D eigenvalue weighted by molar-refractivity contribution is 6.35. The summed E-state index contributed by atoms with van der Waals surface area (Å²) in [7, 11) is 0. The standard InChI is InChI=1S/C15H19Cl2N3O3/c1-2-23-15(22)20-7-5-11(6-8-20)18-14(21)19-13-9-10(16)3-4-12(13)17/h3-4,9,11H,2,5-8H2,1H3,(H2,18,19,21). The van der Waals surface area contributed by atoms with Crippen LogP contribution < -0.4 is 10.6 Å². The highest BCUT2D eigenvalue weighted by atomic mass is 35.5.